The number of nitrogen functional groups attached to an aromatic ring is 1. The molecule has 19 heavy (non-hydrogen) atoms. The summed E-state index contributed by atoms with van der Waals surface area (Å²) in [4.78, 5) is 10.2. The van der Waals surface area contributed by atoms with E-state index in [-0.39, 0.29) is 29.9 Å². The fourth-order valence-corrected chi connectivity index (χ4v) is 2.64. The van der Waals surface area contributed by atoms with Crippen molar-refractivity contribution in [3.63, 3.8) is 0 Å². The van der Waals surface area contributed by atoms with Crippen LogP contribution in [-0.2, 0) is 0 Å². The Labute approximate surface area is 111 Å². The second-order valence-corrected chi connectivity index (χ2v) is 5.01. The normalized spacial score (nSPS) is 23.0. The van der Waals surface area contributed by atoms with E-state index in [1.165, 1.54) is 6.07 Å². The maximum absolute atomic E-state index is 10.7. The van der Waals surface area contributed by atoms with Gasteiger partial charge in [0.25, 0.3) is 5.69 Å². The number of benzene rings is 1. The summed E-state index contributed by atoms with van der Waals surface area (Å²) in [6, 6.07) is 4.87. The van der Waals surface area contributed by atoms with Gasteiger partial charge in [0.1, 0.15) is 5.69 Å². The highest BCUT2D eigenvalue weighted by Crippen LogP contribution is 2.29. The first-order valence-corrected chi connectivity index (χ1v) is 6.53. The second-order valence-electron chi connectivity index (χ2n) is 5.01. The Bertz CT molecular complexity index is 464. The second kappa shape index (κ2) is 5.88. The quantitative estimate of drug-likeness (QED) is 0.440. The molecule has 0 amide bonds. The van der Waals surface area contributed by atoms with Gasteiger partial charge in [-0.1, -0.05) is 12.8 Å². The van der Waals surface area contributed by atoms with Gasteiger partial charge in [-0.2, -0.15) is 0 Å². The van der Waals surface area contributed by atoms with Gasteiger partial charge in [-0.25, -0.2) is 0 Å². The predicted octanol–water partition coefficient (Wildman–Crippen LogP) is 2.14. The van der Waals surface area contributed by atoms with E-state index in [0.717, 1.165) is 31.4 Å². The van der Waals surface area contributed by atoms with E-state index >= 15 is 0 Å². The molecule has 104 valence electrons. The molecule has 4 N–H and O–H groups in total. The molecule has 2 atom stereocenters. The minimum atomic E-state index is -0.490. The summed E-state index contributed by atoms with van der Waals surface area (Å²) < 4.78 is 0. The highest BCUT2D eigenvalue weighted by molar-refractivity contribution is 5.66. The third-order valence-electron chi connectivity index (χ3n) is 3.72. The van der Waals surface area contributed by atoms with Crippen LogP contribution in [0.2, 0.25) is 0 Å². The molecular weight excluding hydrogens is 246 g/mol. The monoisotopic (exact) mass is 265 g/mol. The average Bonchev–Trinajstić information content (AvgIpc) is 2.39. The van der Waals surface area contributed by atoms with Gasteiger partial charge < -0.3 is 16.2 Å². The molecule has 0 saturated heterocycles. The minimum absolute atomic E-state index is 0.0760. The fraction of sp³-hybridized carbons (Fsp3) is 0.538. The lowest BCUT2D eigenvalue weighted by molar-refractivity contribution is -0.383. The van der Waals surface area contributed by atoms with Crippen LogP contribution in [-0.4, -0.2) is 22.7 Å². The number of anilines is 2. The van der Waals surface area contributed by atoms with Crippen LogP contribution >= 0.6 is 0 Å². The van der Waals surface area contributed by atoms with Crippen molar-refractivity contribution in [3.8, 4) is 0 Å². The summed E-state index contributed by atoms with van der Waals surface area (Å²) in [6.45, 7) is 0.167. The molecule has 1 aromatic rings. The van der Waals surface area contributed by atoms with Crippen molar-refractivity contribution in [1.82, 2.24) is 0 Å². The number of aliphatic hydroxyl groups is 1. The number of nitro groups is 1. The van der Waals surface area contributed by atoms with Crippen LogP contribution in [0.3, 0.4) is 0 Å². The smallest absolute Gasteiger partial charge is 0.292 e. The third kappa shape index (κ3) is 3.14. The summed E-state index contributed by atoms with van der Waals surface area (Å²) in [5, 5.41) is 23.4. The number of nitro benzene ring substituents is 1. The third-order valence-corrected chi connectivity index (χ3v) is 3.72. The first-order chi connectivity index (χ1) is 9.11. The van der Waals surface area contributed by atoms with Crippen LogP contribution in [0.5, 0.6) is 0 Å². The summed E-state index contributed by atoms with van der Waals surface area (Å²) in [5.74, 6) is 0.241. The van der Waals surface area contributed by atoms with Gasteiger partial charge in [0.05, 0.1) is 4.92 Å². The molecule has 1 aliphatic rings. The number of nitrogens with one attached hydrogen (secondary N) is 1. The van der Waals surface area contributed by atoms with Crippen LogP contribution in [0.15, 0.2) is 18.2 Å². The van der Waals surface area contributed by atoms with Gasteiger partial charge >= 0.3 is 0 Å². The lowest BCUT2D eigenvalue weighted by atomic mass is 9.85. The zero-order valence-electron chi connectivity index (χ0n) is 10.7. The van der Waals surface area contributed by atoms with Crippen LogP contribution in [0.25, 0.3) is 0 Å². The van der Waals surface area contributed by atoms with Gasteiger partial charge in [0.15, 0.2) is 0 Å². The number of hydrogen-bond donors (Lipinski definition) is 3. The van der Waals surface area contributed by atoms with Crippen molar-refractivity contribution in [2.75, 3.05) is 17.7 Å². The zero-order valence-corrected chi connectivity index (χ0v) is 10.7. The van der Waals surface area contributed by atoms with Crippen LogP contribution in [0, 0.1) is 16.0 Å². The Balaban J connectivity index is 2.10. The van der Waals surface area contributed by atoms with Crippen molar-refractivity contribution in [3.05, 3.63) is 28.3 Å². The number of aliphatic hydroxyl groups excluding tert-OH is 1. The maximum Gasteiger partial charge on any atom is 0.292 e. The zero-order chi connectivity index (χ0) is 13.8. The molecule has 1 saturated carbocycles. The van der Waals surface area contributed by atoms with Gasteiger partial charge in [0, 0.05) is 30.3 Å². The Morgan fingerprint density at radius 1 is 1.42 bits per heavy atom. The van der Waals surface area contributed by atoms with E-state index in [2.05, 4.69) is 5.32 Å². The van der Waals surface area contributed by atoms with Crippen molar-refractivity contribution < 1.29 is 10.0 Å². The highest BCUT2D eigenvalue weighted by atomic mass is 16.6. The molecule has 1 aliphatic carbocycles. The summed E-state index contributed by atoms with van der Waals surface area (Å²) in [6.07, 6.45) is 4.29. The Hall–Kier alpha value is -1.82. The van der Waals surface area contributed by atoms with E-state index in [9.17, 15) is 15.2 Å². The van der Waals surface area contributed by atoms with Gasteiger partial charge in [0.2, 0.25) is 0 Å². The molecule has 2 rings (SSSR count). The molecule has 6 heteroatoms. The Kier molecular flexibility index (Phi) is 4.21. The largest absolute Gasteiger partial charge is 0.396 e. The summed E-state index contributed by atoms with van der Waals surface area (Å²) in [7, 11) is 0. The van der Waals surface area contributed by atoms with Crippen LogP contribution in [0.1, 0.15) is 25.7 Å². The van der Waals surface area contributed by atoms with E-state index < -0.39 is 4.92 Å². The highest BCUT2D eigenvalue weighted by Gasteiger charge is 2.24. The Morgan fingerprint density at radius 2 is 2.16 bits per heavy atom. The number of rotatable bonds is 4. The fourth-order valence-electron chi connectivity index (χ4n) is 2.64. The van der Waals surface area contributed by atoms with Crippen molar-refractivity contribution in [2.24, 2.45) is 5.92 Å². The number of nitrogens with two attached hydrogens (primary N) is 1. The number of hydrogen-bond acceptors (Lipinski definition) is 5. The molecule has 0 heterocycles. The summed E-state index contributed by atoms with van der Waals surface area (Å²) in [5.41, 5.74) is 6.52. The van der Waals surface area contributed by atoms with Gasteiger partial charge in [-0.05, 0) is 25.0 Å². The molecule has 0 bridgehead atoms. The molecule has 1 aromatic carbocycles. The van der Waals surface area contributed by atoms with Crippen molar-refractivity contribution in [1.29, 1.82) is 0 Å². The van der Waals surface area contributed by atoms with E-state index in [1.54, 1.807) is 12.1 Å². The molecule has 0 radical (unpaired) electrons. The molecule has 0 aromatic heterocycles. The van der Waals surface area contributed by atoms with Crippen molar-refractivity contribution >= 4 is 17.1 Å². The van der Waals surface area contributed by atoms with E-state index in [0.29, 0.717) is 0 Å². The predicted molar refractivity (Wildman–Crippen MR) is 74.0 cm³/mol. The molecule has 6 nitrogen and oxygen atoms in total. The minimum Gasteiger partial charge on any atom is -0.396 e. The van der Waals surface area contributed by atoms with E-state index in [4.69, 9.17) is 5.73 Å². The molecule has 1 fully saturated rings. The topological polar surface area (TPSA) is 101 Å². The van der Waals surface area contributed by atoms with Gasteiger partial charge in [-0.3, -0.25) is 10.1 Å². The van der Waals surface area contributed by atoms with Gasteiger partial charge in [-0.15, -0.1) is 0 Å². The Morgan fingerprint density at radius 3 is 2.79 bits per heavy atom. The SMILES string of the molecule is Nc1cc(NC2CCCCC2CO)ccc1[N+](=O)[O-]. The summed E-state index contributed by atoms with van der Waals surface area (Å²) >= 11 is 0. The van der Waals surface area contributed by atoms with E-state index in [1.807, 2.05) is 0 Å². The van der Waals surface area contributed by atoms with Crippen LogP contribution < -0.4 is 11.1 Å². The molecule has 0 aliphatic heterocycles. The molecule has 2 unspecified atom stereocenters. The first kappa shape index (κ1) is 13.6. The first-order valence-electron chi connectivity index (χ1n) is 6.53. The maximum atomic E-state index is 10.7. The molecular formula is C13H19N3O3. The number of nitrogens with zero attached hydrogens (tertiary/aromatic N) is 1. The lowest BCUT2D eigenvalue weighted by Gasteiger charge is -2.31. The van der Waals surface area contributed by atoms with Crippen molar-refractivity contribution in [2.45, 2.75) is 31.7 Å². The average molecular weight is 265 g/mol. The van der Waals surface area contributed by atoms with Crippen LogP contribution in [0.4, 0.5) is 17.1 Å². The lowest BCUT2D eigenvalue weighted by Crippen LogP contribution is -2.34. The standard InChI is InChI=1S/C13H19N3O3/c14-11-7-10(5-6-13(11)16(18)19)15-12-4-2-1-3-9(12)8-17/h5-7,9,12,15,17H,1-4,8,14H2. The molecule has 0 spiro atoms.